The van der Waals surface area contributed by atoms with Gasteiger partial charge in [-0.1, -0.05) is 19.9 Å². The predicted octanol–water partition coefficient (Wildman–Crippen LogP) is 4.05. The quantitative estimate of drug-likeness (QED) is 0.568. The summed E-state index contributed by atoms with van der Waals surface area (Å²) in [6.45, 7) is 18.1. The minimum absolute atomic E-state index is 0.0519. The van der Waals surface area contributed by atoms with E-state index in [1.165, 1.54) is 0 Å². The summed E-state index contributed by atoms with van der Waals surface area (Å²) in [5.74, 6) is 0.512. The van der Waals surface area contributed by atoms with Crippen LogP contribution in [0.1, 0.15) is 48.0 Å². The van der Waals surface area contributed by atoms with E-state index in [2.05, 4.69) is 48.1 Å². The van der Waals surface area contributed by atoms with Crippen LogP contribution in [0, 0.1) is 11.3 Å². The molecular formula is C15H30O2. The van der Waals surface area contributed by atoms with Gasteiger partial charge < -0.3 is 9.47 Å². The molecule has 0 aliphatic carbocycles. The van der Waals surface area contributed by atoms with Gasteiger partial charge in [-0.3, -0.25) is 0 Å². The van der Waals surface area contributed by atoms with Gasteiger partial charge in [0.1, 0.15) is 0 Å². The van der Waals surface area contributed by atoms with Crippen molar-refractivity contribution in [2.45, 2.75) is 60.2 Å². The lowest BCUT2D eigenvalue weighted by molar-refractivity contribution is -0.0755. The Bertz CT molecular complexity index is 195. The predicted molar refractivity (Wildman–Crippen MR) is 74.3 cm³/mol. The second-order valence-corrected chi connectivity index (χ2v) is 5.73. The minimum atomic E-state index is 0.0519. The Hall–Kier alpha value is -0.340. The van der Waals surface area contributed by atoms with Gasteiger partial charge in [0.25, 0.3) is 0 Å². The first-order valence-electron chi connectivity index (χ1n) is 6.68. The molecule has 17 heavy (non-hydrogen) atoms. The molecule has 0 aromatic heterocycles. The van der Waals surface area contributed by atoms with Crippen molar-refractivity contribution in [2.24, 2.45) is 11.3 Å². The van der Waals surface area contributed by atoms with Crippen molar-refractivity contribution in [2.75, 3.05) is 13.2 Å². The molecule has 0 aliphatic rings. The second kappa shape index (κ2) is 7.88. The Morgan fingerprint density at radius 3 is 1.59 bits per heavy atom. The summed E-state index contributed by atoms with van der Waals surface area (Å²) in [5, 5.41) is 0. The maximum Gasteiger partial charge on any atom is 0.0553 e. The largest absolute Gasteiger partial charge is 0.378 e. The first-order valence-corrected chi connectivity index (χ1v) is 6.68. The van der Waals surface area contributed by atoms with Gasteiger partial charge in [0.05, 0.1) is 25.4 Å². The van der Waals surface area contributed by atoms with Crippen LogP contribution < -0.4 is 0 Å². The molecule has 0 bridgehead atoms. The fraction of sp³-hybridized carbons (Fsp3) is 0.867. The van der Waals surface area contributed by atoms with E-state index in [4.69, 9.17) is 9.47 Å². The zero-order valence-electron chi connectivity index (χ0n) is 12.5. The van der Waals surface area contributed by atoms with E-state index in [-0.39, 0.29) is 17.6 Å². The Labute approximate surface area is 107 Å². The molecule has 0 radical (unpaired) electrons. The number of allylic oxidation sites excluding steroid dienone is 1. The van der Waals surface area contributed by atoms with Gasteiger partial charge in [0, 0.05) is 5.41 Å². The average Bonchev–Trinajstić information content (AvgIpc) is 2.21. The van der Waals surface area contributed by atoms with Crippen LogP contribution in [-0.4, -0.2) is 25.4 Å². The molecule has 0 amide bonds. The molecule has 0 N–H and O–H groups in total. The maximum atomic E-state index is 5.83. The van der Waals surface area contributed by atoms with Crippen molar-refractivity contribution in [1.29, 1.82) is 0 Å². The lowest BCUT2D eigenvalue weighted by atomic mass is 9.75. The molecule has 0 fully saturated rings. The Balaban J connectivity index is 4.65. The van der Waals surface area contributed by atoms with Crippen LogP contribution in [0.5, 0.6) is 0 Å². The monoisotopic (exact) mass is 242 g/mol. The van der Waals surface area contributed by atoms with E-state index in [0.717, 1.165) is 19.6 Å². The molecule has 2 nitrogen and oxygen atoms in total. The third-order valence-corrected chi connectivity index (χ3v) is 3.18. The van der Waals surface area contributed by atoms with Gasteiger partial charge in [-0.2, -0.15) is 0 Å². The van der Waals surface area contributed by atoms with Gasteiger partial charge >= 0.3 is 0 Å². The highest BCUT2D eigenvalue weighted by Gasteiger charge is 2.34. The Morgan fingerprint density at radius 1 is 0.941 bits per heavy atom. The summed E-state index contributed by atoms with van der Waals surface area (Å²) >= 11 is 0. The molecule has 0 unspecified atom stereocenters. The number of hydrogen-bond donors (Lipinski definition) is 0. The number of ether oxygens (including phenoxy) is 2. The maximum absolute atomic E-state index is 5.83. The minimum Gasteiger partial charge on any atom is -0.378 e. The van der Waals surface area contributed by atoms with E-state index in [9.17, 15) is 0 Å². The molecule has 0 spiro atoms. The molecule has 0 saturated heterocycles. The lowest BCUT2D eigenvalue weighted by Crippen LogP contribution is -2.38. The second-order valence-electron chi connectivity index (χ2n) is 5.73. The molecule has 0 aromatic carbocycles. The summed E-state index contributed by atoms with van der Waals surface area (Å²) in [4.78, 5) is 0. The van der Waals surface area contributed by atoms with E-state index in [0.29, 0.717) is 5.92 Å². The van der Waals surface area contributed by atoms with Gasteiger partial charge in [0.2, 0.25) is 0 Å². The smallest absolute Gasteiger partial charge is 0.0553 e. The SMILES string of the molecule is C=CCC(COC(C)C)(COC(C)C)C(C)C. The molecule has 0 saturated carbocycles. The van der Waals surface area contributed by atoms with Crippen LogP contribution in [0.15, 0.2) is 12.7 Å². The van der Waals surface area contributed by atoms with E-state index >= 15 is 0 Å². The number of hydrogen-bond acceptors (Lipinski definition) is 2. The highest BCUT2D eigenvalue weighted by molar-refractivity contribution is 4.89. The van der Waals surface area contributed by atoms with Gasteiger partial charge in [-0.15, -0.1) is 6.58 Å². The fourth-order valence-corrected chi connectivity index (χ4v) is 1.68. The average molecular weight is 242 g/mol. The lowest BCUT2D eigenvalue weighted by Gasteiger charge is -2.37. The van der Waals surface area contributed by atoms with Crippen LogP contribution in [0.2, 0.25) is 0 Å². The first-order chi connectivity index (χ1) is 7.84. The Morgan fingerprint density at radius 2 is 1.35 bits per heavy atom. The fourth-order valence-electron chi connectivity index (χ4n) is 1.68. The summed E-state index contributed by atoms with van der Waals surface area (Å²) in [6.07, 6.45) is 3.44. The van der Waals surface area contributed by atoms with Gasteiger partial charge in [-0.05, 0) is 40.0 Å². The standard InChI is InChI=1S/C15H30O2/c1-8-9-15(12(2)3,10-16-13(4)5)11-17-14(6)7/h8,12-14H,1,9-11H2,2-7H3. The molecule has 0 aromatic rings. The Kier molecular flexibility index (Phi) is 7.73. The third-order valence-electron chi connectivity index (χ3n) is 3.18. The van der Waals surface area contributed by atoms with Crippen LogP contribution in [0.25, 0.3) is 0 Å². The van der Waals surface area contributed by atoms with Gasteiger partial charge in [0.15, 0.2) is 0 Å². The summed E-state index contributed by atoms with van der Waals surface area (Å²) < 4.78 is 11.7. The van der Waals surface area contributed by atoms with Crippen molar-refractivity contribution in [3.8, 4) is 0 Å². The van der Waals surface area contributed by atoms with Crippen molar-refractivity contribution in [3.63, 3.8) is 0 Å². The summed E-state index contributed by atoms with van der Waals surface area (Å²) in [7, 11) is 0. The molecule has 0 atom stereocenters. The van der Waals surface area contributed by atoms with Crippen LogP contribution in [0.4, 0.5) is 0 Å². The van der Waals surface area contributed by atoms with Crippen LogP contribution in [-0.2, 0) is 9.47 Å². The highest BCUT2D eigenvalue weighted by atomic mass is 16.5. The number of rotatable bonds is 9. The molecule has 102 valence electrons. The van der Waals surface area contributed by atoms with Crippen molar-refractivity contribution < 1.29 is 9.47 Å². The first kappa shape index (κ1) is 16.7. The third kappa shape index (κ3) is 6.23. The highest BCUT2D eigenvalue weighted by Crippen LogP contribution is 2.33. The summed E-state index contributed by atoms with van der Waals surface area (Å²) in [6, 6.07) is 0. The molecule has 0 rings (SSSR count). The zero-order valence-corrected chi connectivity index (χ0v) is 12.5. The molecule has 0 heterocycles. The van der Waals surface area contributed by atoms with E-state index in [1.54, 1.807) is 0 Å². The molecular weight excluding hydrogens is 212 g/mol. The summed E-state index contributed by atoms with van der Waals surface area (Å²) in [5.41, 5.74) is 0.0519. The molecule has 0 aliphatic heterocycles. The van der Waals surface area contributed by atoms with Crippen LogP contribution in [0.3, 0.4) is 0 Å². The van der Waals surface area contributed by atoms with E-state index < -0.39 is 0 Å². The zero-order chi connectivity index (χ0) is 13.5. The van der Waals surface area contributed by atoms with Crippen molar-refractivity contribution in [1.82, 2.24) is 0 Å². The van der Waals surface area contributed by atoms with Gasteiger partial charge in [-0.25, -0.2) is 0 Å². The van der Waals surface area contributed by atoms with Crippen LogP contribution >= 0.6 is 0 Å². The normalized spacial score (nSPS) is 12.8. The van der Waals surface area contributed by atoms with Crippen molar-refractivity contribution >= 4 is 0 Å². The van der Waals surface area contributed by atoms with Crippen molar-refractivity contribution in [3.05, 3.63) is 12.7 Å². The molecule has 2 heteroatoms. The van der Waals surface area contributed by atoms with E-state index in [1.807, 2.05) is 6.08 Å². The topological polar surface area (TPSA) is 18.5 Å².